The minimum Gasteiger partial charge on any atom is -0.380 e. The van der Waals surface area contributed by atoms with Crippen molar-refractivity contribution in [2.45, 2.75) is 57.6 Å². The van der Waals surface area contributed by atoms with Gasteiger partial charge in [0.15, 0.2) is 0 Å². The summed E-state index contributed by atoms with van der Waals surface area (Å²) in [4.78, 5) is 15.0. The van der Waals surface area contributed by atoms with Crippen molar-refractivity contribution in [2.24, 2.45) is 0 Å². The van der Waals surface area contributed by atoms with Crippen LogP contribution in [0.4, 0.5) is 11.4 Å². The van der Waals surface area contributed by atoms with E-state index in [0.29, 0.717) is 18.9 Å². The molecule has 3 rings (SSSR count). The molecule has 1 amide bonds. The Labute approximate surface area is 149 Å². The molecule has 2 aliphatic heterocycles. The lowest BCUT2D eigenvalue weighted by Gasteiger charge is -2.36. The maximum absolute atomic E-state index is 12.5. The fourth-order valence-corrected chi connectivity index (χ4v) is 4.79. The number of aliphatic hydroxyl groups is 1. The van der Waals surface area contributed by atoms with Gasteiger partial charge in [0.05, 0.1) is 0 Å². The second kappa shape index (κ2) is 7.36. The van der Waals surface area contributed by atoms with Gasteiger partial charge in [-0.1, -0.05) is 0 Å². The summed E-state index contributed by atoms with van der Waals surface area (Å²) in [5, 5.41) is 13.5. The van der Waals surface area contributed by atoms with Gasteiger partial charge in [-0.15, -0.1) is 0 Å². The maximum atomic E-state index is 12.5. The molecule has 0 bridgehead atoms. The molecule has 1 unspecified atom stereocenters. The Morgan fingerprint density at radius 3 is 2.75 bits per heavy atom. The van der Waals surface area contributed by atoms with Crippen molar-refractivity contribution in [1.82, 2.24) is 0 Å². The summed E-state index contributed by atoms with van der Waals surface area (Å²) < 4.78 is 0. The highest BCUT2D eigenvalue weighted by Gasteiger charge is 2.37. The summed E-state index contributed by atoms with van der Waals surface area (Å²) >= 11 is 1.80. The Kier molecular flexibility index (Phi) is 5.40. The van der Waals surface area contributed by atoms with Crippen LogP contribution in [0.15, 0.2) is 18.2 Å². The highest BCUT2D eigenvalue weighted by Crippen LogP contribution is 2.31. The number of nitrogens with zero attached hydrogens (tertiary/aromatic N) is 1. The Hall–Kier alpha value is -1.20. The molecule has 2 aliphatic rings. The van der Waals surface area contributed by atoms with Crippen molar-refractivity contribution in [1.29, 1.82) is 0 Å². The van der Waals surface area contributed by atoms with Gasteiger partial charge in [0.25, 0.3) is 5.91 Å². The number of hydrogen-bond donors (Lipinski definition) is 2. The lowest BCUT2D eigenvalue weighted by molar-refractivity contribution is -0.134. The summed E-state index contributed by atoms with van der Waals surface area (Å²) in [5.41, 5.74) is 1.87. The number of piperidine rings is 1. The average molecular weight is 349 g/mol. The molecule has 1 aromatic rings. The van der Waals surface area contributed by atoms with Crippen molar-refractivity contribution >= 4 is 29.0 Å². The number of rotatable bonds is 3. The second-order valence-corrected chi connectivity index (χ2v) is 8.36. The molecule has 0 aromatic heterocycles. The summed E-state index contributed by atoms with van der Waals surface area (Å²) in [5.74, 6) is 1.42. The number of nitrogens with one attached hydrogen (secondary N) is 1. The highest BCUT2D eigenvalue weighted by molar-refractivity contribution is 7.99. The van der Waals surface area contributed by atoms with Crippen LogP contribution in [0.2, 0.25) is 0 Å². The van der Waals surface area contributed by atoms with Crippen LogP contribution < -0.4 is 10.2 Å². The molecule has 2 saturated heterocycles. The smallest absolute Gasteiger partial charge is 0.256 e. The van der Waals surface area contributed by atoms with E-state index in [2.05, 4.69) is 29.3 Å². The normalized spacial score (nSPS) is 23.8. The molecular weight excluding hydrogens is 320 g/mol. The fraction of sp³-hybridized carbons (Fsp3) is 0.632. The first-order chi connectivity index (χ1) is 11.5. The van der Waals surface area contributed by atoms with Gasteiger partial charge in [0.2, 0.25) is 0 Å². The average Bonchev–Trinajstić information content (AvgIpc) is 2.58. The van der Waals surface area contributed by atoms with Crippen molar-refractivity contribution in [3.8, 4) is 0 Å². The molecule has 4 nitrogen and oxygen atoms in total. The quantitative estimate of drug-likeness (QED) is 0.877. The van der Waals surface area contributed by atoms with Gasteiger partial charge in [-0.25, -0.2) is 0 Å². The summed E-state index contributed by atoms with van der Waals surface area (Å²) in [6.45, 7) is 5.40. The number of amides is 1. The van der Waals surface area contributed by atoms with Crippen LogP contribution in [-0.4, -0.2) is 40.7 Å². The SMILES string of the molecule is Cc1cc(N2CCCCC2C)ccc1NC(=O)C1(O)CCSCC1. The highest BCUT2D eigenvalue weighted by atomic mass is 32.2. The van der Waals surface area contributed by atoms with E-state index in [0.717, 1.165) is 29.3 Å². The van der Waals surface area contributed by atoms with Crippen molar-refractivity contribution in [3.05, 3.63) is 23.8 Å². The molecule has 1 aromatic carbocycles. The zero-order chi connectivity index (χ0) is 17.2. The van der Waals surface area contributed by atoms with Crippen molar-refractivity contribution < 1.29 is 9.90 Å². The number of thioether (sulfide) groups is 1. The lowest BCUT2D eigenvalue weighted by atomic mass is 9.95. The van der Waals surface area contributed by atoms with Gasteiger partial charge in [0.1, 0.15) is 5.60 Å². The molecule has 0 aliphatic carbocycles. The number of aryl methyl sites for hydroxylation is 1. The Morgan fingerprint density at radius 1 is 1.33 bits per heavy atom. The van der Waals surface area contributed by atoms with Crippen molar-refractivity contribution in [3.63, 3.8) is 0 Å². The molecule has 2 N–H and O–H groups in total. The van der Waals surface area contributed by atoms with Crippen LogP contribution in [-0.2, 0) is 4.79 Å². The zero-order valence-corrected chi connectivity index (χ0v) is 15.5. The number of carbonyl (C=O) groups excluding carboxylic acids is 1. The van der Waals surface area contributed by atoms with Gasteiger partial charge >= 0.3 is 0 Å². The third kappa shape index (κ3) is 3.72. The minimum absolute atomic E-state index is 0.259. The van der Waals surface area contributed by atoms with Gasteiger partial charge in [-0.05, 0) is 81.2 Å². The molecule has 5 heteroatoms. The summed E-state index contributed by atoms with van der Waals surface area (Å²) in [6.07, 6.45) is 4.86. The topological polar surface area (TPSA) is 52.6 Å². The first-order valence-corrected chi connectivity index (χ1v) is 10.1. The van der Waals surface area contributed by atoms with Crippen LogP contribution in [0.25, 0.3) is 0 Å². The van der Waals surface area contributed by atoms with Crippen LogP contribution in [0.5, 0.6) is 0 Å². The van der Waals surface area contributed by atoms with Gasteiger partial charge in [0, 0.05) is 24.0 Å². The molecule has 0 spiro atoms. The molecule has 132 valence electrons. The van der Waals surface area contributed by atoms with E-state index in [1.54, 1.807) is 11.8 Å². The third-order valence-corrected chi connectivity index (χ3v) is 6.32. The van der Waals surface area contributed by atoms with Crippen LogP contribution in [0, 0.1) is 6.92 Å². The monoisotopic (exact) mass is 348 g/mol. The molecular formula is C19H28N2O2S. The number of hydrogen-bond acceptors (Lipinski definition) is 4. The number of carbonyl (C=O) groups is 1. The Bertz CT molecular complexity index is 599. The van der Waals surface area contributed by atoms with Gasteiger partial charge in [-0.3, -0.25) is 4.79 Å². The molecule has 1 atom stereocenters. The Balaban J connectivity index is 1.71. The zero-order valence-electron chi connectivity index (χ0n) is 14.7. The van der Waals surface area contributed by atoms with Gasteiger partial charge in [-0.2, -0.15) is 11.8 Å². The predicted octanol–water partition coefficient (Wildman–Crippen LogP) is 3.57. The van der Waals surface area contributed by atoms with E-state index in [9.17, 15) is 9.90 Å². The third-order valence-electron chi connectivity index (χ3n) is 5.34. The van der Waals surface area contributed by atoms with E-state index >= 15 is 0 Å². The summed E-state index contributed by atoms with van der Waals surface area (Å²) in [7, 11) is 0. The molecule has 2 fully saturated rings. The predicted molar refractivity (Wildman–Crippen MR) is 102 cm³/mol. The van der Waals surface area contributed by atoms with E-state index in [-0.39, 0.29) is 5.91 Å². The molecule has 0 saturated carbocycles. The second-order valence-electron chi connectivity index (χ2n) is 7.14. The van der Waals surface area contributed by atoms with Gasteiger partial charge < -0.3 is 15.3 Å². The number of anilines is 2. The lowest BCUT2D eigenvalue weighted by Crippen LogP contribution is -2.45. The van der Waals surface area contributed by atoms with E-state index in [4.69, 9.17) is 0 Å². The minimum atomic E-state index is -1.21. The van der Waals surface area contributed by atoms with Crippen LogP contribution >= 0.6 is 11.8 Å². The largest absolute Gasteiger partial charge is 0.380 e. The van der Waals surface area contributed by atoms with E-state index in [1.165, 1.54) is 24.9 Å². The van der Waals surface area contributed by atoms with Crippen LogP contribution in [0.3, 0.4) is 0 Å². The number of benzene rings is 1. The van der Waals surface area contributed by atoms with Crippen molar-refractivity contribution in [2.75, 3.05) is 28.3 Å². The molecule has 2 heterocycles. The molecule has 0 radical (unpaired) electrons. The van der Waals surface area contributed by atoms with E-state index in [1.807, 2.05) is 13.0 Å². The maximum Gasteiger partial charge on any atom is 0.256 e. The fourth-order valence-electron chi connectivity index (χ4n) is 3.62. The van der Waals surface area contributed by atoms with Crippen LogP contribution in [0.1, 0.15) is 44.6 Å². The summed E-state index contributed by atoms with van der Waals surface area (Å²) in [6, 6.07) is 6.79. The van der Waals surface area contributed by atoms with E-state index < -0.39 is 5.60 Å². The Morgan fingerprint density at radius 2 is 2.08 bits per heavy atom. The first kappa shape index (κ1) is 17.6. The molecule has 24 heavy (non-hydrogen) atoms. The standard InChI is InChI=1S/C19H28N2O2S/c1-14-13-16(21-10-4-3-5-15(21)2)6-7-17(14)20-18(22)19(23)8-11-24-12-9-19/h6-7,13,15,23H,3-5,8-12H2,1-2H3,(H,20,22). The first-order valence-electron chi connectivity index (χ1n) is 8.98.